The first-order valence-corrected chi connectivity index (χ1v) is 11.0. The molecule has 3 N–H and O–H groups in total. The summed E-state index contributed by atoms with van der Waals surface area (Å²) in [4.78, 5) is 0. The van der Waals surface area contributed by atoms with E-state index in [-0.39, 0.29) is 5.88 Å². The van der Waals surface area contributed by atoms with Crippen LogP contribution in [0.2, 0.25) is 0 Å². The lowest BCUT2D eigenvalue weighted by atomic mass is 9.84. The summed E-state index contributed by atoms with van der Waals surface area (Å²) in [5, 5.41) is 16.9. The minimum atomic E-state index is -0.456. The molecule has 0 spiro atoms. The Morgan fingerprint density at radius 3 is 2.59 bits per heavy atom. The number of aromatic nitrogens is 2. The van der Waals surface area contributed by atoms with Gasteiger partial charge in [-0.1, -0.05) is 45.8 Å². The number of H-pyrrole nitrogens is 1. The van der Waals surface area contributed by atoms with Crippen molar-refractivity contribution in [2.45, 2.75) is 33.3 Å². The lowest BCUT2D eigenvalue weighted by Gasteiger charge is -2.25. The average molecular weight is 495 g/mol. The fourth-order valence-electron chi connectivity index (χ4n) is 3.71. The highest BCUT2D eigenvalue weighted by atomic mass is 79.9. The van der Waals surface area contributed by atoms with Crippen LogP contribution >= 0.6 is 15.9 Å². The zero-order valence-electron chi connectivity index (χ0n) is 18.0. The fourth-order valence-corrected chi connectivity index (χ4v) is 4.26. The number of nitrogens with one attached hydrogen (secondary N) is 1. The van der Waals surface area contributed by atoms with Gasteiger partial charge in [0, 0.05) is 15.7 Å². The van der Waals surface area contributed by atoms with Gasteiger partial charge in [0.25, 0.3) is 0 Å². The number of nitrogens with two attached hydrogens (primary N) is 1. The molecule has 164 valence electrons. The summed E-state index contributed by atoms with van der Waals surface area (Å²) in [5.41, 5.74) is 11.0. The second kappa shape index (κ2) is 8.97. The number of nitriles is 1. The van der Waals surface area contributed by atoms with Crippen LogP contribution in [0, 0.1) is 25.2 Å². The number of nitrogens with zero attached hydrogens (tertiary/aromatic N) is 2. The van der Waals surface area contributed by atoms with Crippen LogP contribution < -0.4 is 19.9 Å². The number of aryl methyl sites for hydroxylation is 2. The Bertz CT molecular complexity index is 1230. The maximum Gasteiger partial charge on any atom is 0.244 e. The third-order valence-corrected chi connectivity index (χ3v) is 6.01. The molecule has 0 saturated carbocycles. The van der Waals surface area contributed by atoms with E-state index in [1.165, 1.54) is 5.56 Å². The van der Waals surface area contributed by atoms with Gasteiger partial charge in [-0.15, -0.1) is 5.10 Å². The molecule has 0 radical (unpaired) electrons. The molecule has 0 fully saturated rings. The fraction of sp³-hybridized carbons (Fsp3) is 0.250. The molecular formula is C24H23BrN4O3. The summed E-state index contributed by atoms with van der Waals surface area (Å²) in [5.74, 6) is 1.15. The van der Waals surface area contributed by atoms with E-state index >= 15 is 0 Å². The highest BCUT2D eigenvalue weighted by molar-refractivity contribution is 9.10. The molecule has 2 heterocycles. The van der Waals surface area contributed by atoms with Crippen molar-refractivity contribution < 1.29 is 14.2 Å². The standard InChI is InChI=1S/C24H23BrN4O3/c1-4-30-19-9-16(18(25)10-20(19)31-12-15-7-5-13(2)6-8-15)22-17(11-26)23(27)32-24-21(22)14(3)28-29-24/h5-10,22H,4,12,27H2,1-3H3,(H,28,29)/t22-/m0/s1. The van der Waals surface area contributed by atoms with Crippen molar-refractivity contribution in [3.8, 4) is 23.4 Å². The molecule has 0 bridgehead atoms. The summed E-state index contributed by atoms with van der Waals surface area (Å²) in [7, 11) is 0. The molecule has 32 heavy (non-hydrogen) atoms. The van der Waals surface area contributed by atoms with Crippen molar-refractivity contribution in [1.29, 1.82) is 5.26 Å². The zero-order valence-corrected chi connectivity index (χ0v) is 19.6. The molecule has 1 aromatic heterocycles. The van der Waals surface area contributed by atoms with E-state index in [0.717, 1.165) is 26.9 Å². The van der Waals surface area contributed by atoms with Crippen LogP contribution in [0.3, 0.4) is 0 Å². The molecule has 0 saturated heterocycles. The van der Waals surface area contributed by atoms with E-state index in [1.807, 2.05) is 45.0 Å². The van der Waals surface area contributed by atoms with Crippen LogP contribution in [0.4, 0.5) is 0 Å². The number of fused-ring (bicyclic) bond motifs is 1. The van der Waals surface area contributed by atoms with Gasteiger partial charge in [-0.05, 0) is 44.0 Å². The Morgan fingerprint density at radius 1 is 1.19 bits per heavy atom. The summed E-state index contributed by atoms with van der Waals surface area (Å²) in [6, 6.07) is 14.1. The Morgan fingerprint density at radius 2 is 1.91 bits per heavy atom. The van der Waals surface area contributed by atoms with Crippen molar-refractivity contribution in [3.05, 3.63) is 80.3 Å². The number of aromatic amines is 1. The third kappa shape index (κ3) is 4.04. The average Bonchev–Trinajstić information content (AvgIpc) is 3.14. The van der Waals surface area contributed by atoms with E-state index in [4.69, 9.17) is 19.9 Å². The van der Waals surface area contributed by atoms with Crippen LogP contribution in [0.1, 0.15) is 40.8 Å². The smallest absolute Gasteiger partial charge is 0.244 e. The SMILES string of the molecule is CCOc1cc([C@H]2C(C#N)=C(N)Oc3n[nH]c(C)c32)c(Br)cc1OCc1ccc(C)cc1. The number of hydrogen-bond donors (Lipinski definition) is 2. The maximum atomic E-state index is 9.83. The van der Waals surface area contributed by atoms with E-state index in [0.29, 0.717) is 36.2 Å². The Balaban J connectivity index is 1.75. The van der Waals surface area contributed by atoms with Gasteiger partial charge in [-0.2, -0.15) is 5.26 Å². The molecule has 1 aliphatic rings. The first kappa shape index (κ1) is 21.8. The summed E-state index contributed by atoms with van der Waals surface area (Å²) in [6.07, 6.45) is 0. The molecule has 0 unspecified atom stereocenters. The predicted molar refractivity (Wildman–Crippen MR) is 123 cm³/mol. The van der Waals surface area contributed by atoms with Gasteiger partial charge in [0.05, 0.1) is 12.5 Å². The molecule has 8 heteroatoms. The van der Waals surface area contributed by atoms with Gasteiger partial charge in [-0.3, -0.25) is 5.10 Å². The van der Waals surface area contributed by atoms with Gasteiger partial charge >= 0.3 is 0 Å². The molecule has 4 rings (SSSR count). The van der Waals surface area contributed by atoms with Gasteiger partial charge < -0.3 is 19.9 Å². The maximum absolute atomic E-state index is 9.83. The number of hydrogen-bond acceptors (Lipinski definition) is 6. The van der Waals surface area contributed by atoms with Crippen molar-refractivity contribution in [3.63, 3.8) is 0 Å². The lowest BCUT2D eigenvalue weighted by molar-refractivity contribution is 0.269. The molecule has 3 aromatic rings. The first-order chi connectivity index (χ1) is 15.4. The van der Waals surface area contributed by atoms with Crippen LogP contribution in [0.15, 0.2) is 52.3 Å². The van der Waals surface area contributed by atoms with E-state index in [1.54, 1.807) is 0 Å². The summed E-state index contributed by atoms with van der Waals surface area (Å²) < 4.78 is 18.3. The van der Waals surface area contributed by atoms with Crippen LogP contribution in [-0.4, -0.2) is 16.8 Å². The number of rotatable bonds is 6. The second-order valence-electron chi connectivity index (χ2n) is 7.52. The van der Waals surface area contributed by atoms with Crippen LogP contribution in [0.5, 0.6) is 17.4 Å². The minimum Gasteiger partial charge on any atom is -0.490 e. The highest BCUT2D eigenvalue weighted by Crippen LogP contribution is 2.47. The largest absolute Gasteiger partial charge is 0.490 e. The van der Waals surface area contributed by atoms with Crippen molar-refractivity contribution in [2.75, 3.05) is 6.61 Å². The van der Waals surface area contributed by atoms with E-state index in [2.05, 4.69) is 44.3 Å². The Hall–Kier alpha value is -3.44. The van der Waals surface area contributed by atoms with Crippen molar-refractivity contribution >= 4 is 15.9 Å². The van der Waals surface area contributed by atoms with Crippen molar-refractivity contribution in [2.24, 2.45) is 5.73 Å². The monoisotopic (exact) mass is 494 g/mol. The predicted octanol–water partition coefficient (Wildman–Crippen LogP) is 4.98. The summed E-state index contributed by atoms with van der Waals surface area (Å²) in [6.45, 7) is 6.72. The zero-order chi connectivity index (χ0) is 22.8. The summed E-state index contributed by atoms with van der Waals surface area (Å²) >= 11 is 3.67. The van der Waals surface area contributed by atoms with Crippen molar-refractivity contribution in [1.82, 2.24) is 10.2 Å². The quantitative estimate of drug-likeness (QED) is 0.500. The lowest BCUT2D eigenvalue weighted by Crippen LogP contribution is -2.21. The Labute approximate surface area is 194 Å². The molecule has 2 aromatic carbocycles. The van der Waals surface area contributed by atoms with Gasteiger partial charge in [0.2, 0.25) is 11.8 Å². The third-order valence-electron chi connectivity index (χ3n) is 5.32. The van der Waals surface area contributed by atoms with E-state index in [9.17, 15) is 5.26 Å². The van der Waals surface area contributed by atoms with Crippen LogP contribution in [-0.2, 0) is 6.61 Å². The highest BCUT2D eigenvalue weighted by Gasteiger charge is 2.36. The van der Waals surface area contributed by atoms with Crippen LogP contribution in [0.25, 0.3) is 0 Å². The topological polar surface area (TPSA) is 106 Å². The second-order valence-corrected chi connectivity index (χ2v) is 8.37. The Kier molecular flexibility index (Phi) is 6.10. The molecule has 0 amide bonds. The number of ether oxygens (including phenoxy) is 3. The number of allylic oxidation sites excluding steroid dienone is 1. The normalized spacial score (nSPS) is 15.0. The molecule has 1 aliphatic heterocycles. The van der Waals surface area contributed by atoms with Gasteiger partial charge in [0.1, 0.15) is 18.2 Å². The number of benzene rings is 2. The van der Waals surface area contributed by atoms with Gasteiger partial charge in [-0.25, -0.2) is 0 Å². The van der Waals surface area contributed by atoms with E-state index < -0.39 is 5.92 Å². The molecular weight excluding hydrogens is 472 g/mol. The molecule has 1 atom stereocenters. The first-order valence-electron chi connectivity index (χ1n) is 10.2. The van der Waals surface area contributed by atoms with Gasteiger partial charge in [0.15, 0.2) is 11.5 Å². The molecule has 0 aliphatic carbocycles. The number of halogens is 1. The minimum absolute atomic E-state index is 0.0426. The molecule has 7 nitrogen and oxygen atoms in total.